The highest BCUT2D eigenvalue weighted by molar-refractivity contribution is 5.91. The zero-order chi connectivity index (χ0) is 13.5. The van der Waals surface area contributed by atoms with Crippen molar-refractivity contribution in [3.63, 3.8) is 0 Å². The minimum atomic E-state index is 0.666. The molecule has 0 bridgehead atoms. The summed E-state index contributed by atoms with van der Waals surface area (Å²) in [5.41, 5.74) is 3.73. The van der Waals surface area contributed by atoms with E-state index < -0.39 is 0 Å². The zero-order valence-electron chi connectivity index (χ0n) is 10.9. The molecule has 0 saturated carbocycles. The number of benzene rings is 1. The number of aryl methyl sites for hydroxylation is 1. The molecule has 0 amide bonds. The molecule has 0 unspecified atom stereocenters. The van der Waals surface area contributed by atoms with Gasteiger partial charge in [0, 0.05) is 23.3 Å². The van der Waals surface area contributed by atoms with Crippen LogP contribution in [0.25, 0.3) is 27.9 Å². The van der Waals surface area contributed by atoms with Crippen LogP contribution in [0, 0.1) is 6.92 Å². The molecule has 0 spiro atoms. The maximum atomic E-state index is 4.62. The van der Waals surface area contributed by atoms with Crippen LogP contribution in [0.1, 0.15) is 5.56 Å². The summed E-state index contributed by atoms with van der Waals surface area (Å²) < 4.78 is 1.71. The van der Waals surface area contributed by atoms with Gasteiger partial charge in [0.05, 0.1) is 5.52 Å². The first kappa shape index (κ1) is 11.0. The van der Waals surface area contributed by atoms with E-state index in [4.69, 9.17) is 0 Å². The molecule has 0 N–H and O–H groups in total. The zero-order valence-corrected chi connectivity index (χ0v) is 10.9. The molecule has 96 valence electrons. The smallest absolute Gasteiger partial charge is 0.183 e. The summed E-state index contributed by atoms with van der Waals surface area (Å²) in [7, 11) is 0. The molecule has 3 heterocycles. The molecule has 5 nitrogen and oxygen atoms in total. The standard InChI is InChI=1S/C15H11N5/c1-10-6-11(8-16-7-10)14-18-15-12-4-2-3-5-13(12)17-9-20(15)19-14/h2-9H,1H3. The lowest BCUT2D eigenvalue weighted by molar-refractivity contribution is 0.937. The summed E-state index contributed by atoms with van der Waals surface area (Å²) in [6, 6.07) is 9.94. The molecule has 0 aliphatic carbocycles. The molecule has 3 aromatic heterocycles. The first-order valence-corrected chi connectivity index (χ1v) is 6.33. The van der Waals surface area contributed by atoms with Crippen LogP contribution in [0.15, 0.2) is 49.1 Å². The van der Waals surface area contributed by atoms with Crippen LogP contribution in [-0.2, 0) is 0 Å². The maximum absolute atomic E-state index is 4.62. The lowest BCUT2D eigenvalue weighted by Crippen LogP contribution is -1.90. The molecular formula is C15H11N5. The normalized spacial score (nSPS) is 11.2. The summed E-state index contributed by atoms with van der Waals surface area (Å²) in [4.78, 5) is 13.2. The Hall–Kier alpha value is -2.82. The summed E-state index contributed by atoms with van der Waals surface area (Å²) in [6.07, 6.45) is 5.28. The predicted octanol–water partition coefficient (Wildman–Crippen LogP) is 2.65. The van der Waals surface area contributed by atoms with Gasteiger partial charge in [-0.25, -0.2) is 14.5 Å². The first-order chi connectivity index (χ1) is 9.81. The average Bonchev–Trinajstić information content (AvgIpc) is 2.92. The van der Waals surface area contributed by atoms with Gasteiger partial charge in [0.1, 0.15) is 6.33 Å². The van der Waals surface area contributed by atoms with Crippen LogP contribution in [0.4, 0.5) is 0 Å². The van der Waals surface area contributed by atoms with E-state index in [1.807, 2.05) is 43.5 Å². The number of pyridine rings is 1. The van der Waals surface area contributed by atoms with Gasteiger partial charge in [-0.15, -0.1) is 5.10 Å². The van der Waals surface area contributed by atoms with Crippen LogP contribution < -0.4 is 0 Å². The van der Waals surface area contributed by atoms with Gasteiger partial charge in [0.25, 0.3) is 0 Å². The van der Waals surface area contributed by atoms with Crippen LogP contribution in [0.3, 0.4) is 0 Å². The van der Waals surface area contributed by atoms with E-state index in [1.54, 1.807) is 17.0 Å². The monoisotopic (exact) mass is 261 g/mol. The van der Waals surface area contributed by atoms with Gasteiger partial charge < -0.3 is 0 Å². The van der Waals surface area contributed by atoms with Gasteiger partial charge in [0.15, 0.2) is 11.5 Å². The predicted molar refractivity (Wildman–Crippen MR) is 76.3 cm³/mol. The van der Waals surface area contributed by atoms with Crippen molar-refractivity contribution in [3.05, 3.63) is 54.6 Å². The van der Waals surface area contributed by atoms with Crippen LogP contribution >= 0.6 is 0 Å². The van der Waals surface area contributed by atoms with E-state index in [1.165, 1.54) is 0 Å². The Kier molecular flexibility index (Phi) is 2.26. The Bertz CT molecular complexity index is 926. The van der Waals surface area contributed by atoms with Crippen molar-refractivity contribution in [2.75, 3.05) is 0 Å². The lowest BCUT2D eigenvalue weighted by Gasteiger charge is -1.96. The van der Waals surface area contributed by atoms with E-state index in [2.05, 4.69) is 20.1 Å². The average molecular weight is 261 g/mol. The highest BCUT2D eigenvalue weighted by Gasteiger charge is 2.09. The van der Waals surface area contributed by atoms with Gasteiger partial charge in [-0.3, -0.25) is 4.98 Å². The van der Waals surface area contributed by atoms with Crippen molar-refractivity contribution in [2.45, 2.75) is 6.92 Å². The first-order valence-electron chi connectivity index (χ1n) is 6.33. The SMILES string of the molecule is Cc1cncc(-c2nc3c4ccccc4ncn3n2)c1. The molecule has 5 heteroatoms. The molecule has 0 saturated heterocycles. The molecule has 0 aliphatic rings. The van der Waals surface area contributed by atoms with E-state index in [0.717, 1.165) is 27.7 Å². The molecule has 0 aliphatic heterocycles. The second-order valence-electron chi connectivity index (χ2n) is 4.72. The fourth-order valence-corrected chi connectivity index (χ4v) is 2.28. The Morgan fingerprint density at radius 2 is 2.00 bits per heavy atom. The van der Waals surface area contributed by atoms with Gasteiger partial charge >= 0.3 is 0 Å². The number of aromatic nitrogens is 5. The number of rotatable bonds is 1. The van der Waals surface area contributed by atoms with Crippen LogP contribution in [-0.4, -0.2) is 24.6 Å². The van der Waals surface area contributed by atoms with Crippen molar-refractivity contribution in [1.29, 1.82) is 0 Å². The summed E-state index contributed by atoms with van der Waals surface area (Å²) >= 11 is 0. The summed E-state index contributed by atoms with van der Waals surface area (Å²) in [6.45, 7) is 2.00. The lowest BCUT2D eigenvalue weighted by atomic mass is 10.2. The van der Waals surface area contributed by atoms with Crippen molar-refractivity contribution < 1.29 is 0 Å². The third kappa shape index (κ3) is 1.64. The second kappa shape index (κ2) is 4.09. The van der Waals surface area contributed by atoms with Gasteiger partial charge in [0.2, 0.25) is 0 Å². The number of hydrogen-bond donors (Lipinski definition) is 0. The highest BCUT2D eigenvalue weighted by Crippen LogP contribution is 2.20. The Morgan fingerprint density at radius 1 is 1.10 bits per heavy atom. The second-order valence-corrected chi connectivity index (χ2v) is 4.72. The minimum absolute atomic E-state index is 0.666. The molecule has 0 atom stereocenters. The quantitative estimate of drug-likeness (QED) is 0.528. The maximum Gasteiger partial charge on any atom is 0.183 e. The van der Waals surface area contributed by atoms with Crippen molar-refractivity contribution in [3.8, 4) is 11.4 Å². The molecule has 1 aromatic carbocycles. The third-order valence-corrected chi connectivity index (χ3v) is 3.22. The molecule has 0 radical (unpaired) electrons. The Labute approximate surface area is 115 Å². The fourth-order valence-electron chi connectivity index (χ4n) is 2.28. The van der Waals surface area contributed by atoms with E-state index in [-0.39, 0.29) is 0 Å². The summed E-state index contributed by atoms with van der Waals surface area (Å²) in [5.74, 6) is 0.666. The molecule has 20 heavy (non-hydrogen) atoms. The summed E-state index contributed by atoms with van der Waals surface area (Å²) in [5, 5.41) is 5.47. The van der Waals surface area contributed by atoms with Gasteiger partial charge in [-0.1, -0.05) is 12.1 Å². The number of para-hydroxylation sites is 1. The number of fused-ring (bicyclic) bond motifs is 3. The van der Waals surface area contributed by atoms with Gasteiger partial charge in [-0.2, -0.15) is 0 Å². The Morgan fingerprint density at radius 3 is 2.90 bits per heavy atom. The number of hydrogen-bond acceptors (Lipinski definition) is 4. The molecule has 4 aromatic rings. The topological polar surface area (TPSA) is 56.0 Å². The third-order valence-electron chi connectivity index (χ3n) is 3.22. The van der Waals surface area contributed by atoms with Gasteiger partial charge in [-0.05, 0) is 30.7 Å². The van der Waals surface area contributed by atoms with E-state index in [9.17, 15) is 0 Å². The minimum Gasteiger partial charge on any atom is -0.264 e. The molecular weight excluding hydrogens is 250 g/mol. The van der Waals surface area contributed by atoms with E-state index in [0.29, 0.717) is 5.82 Å². The largest absolute Gasteiger partial charge is 0.264 e. The van der Waals surface area contributed by atoms with Crippen molar-refractivity contribution in [1.82, 2.24) is 24.6 Å². The fraction of sp³-hybridized carbons (Fsp3) is 0.0667. The van der Waals surface area contributed by atoms with Crippen molar-refractivity contribution in [2.24, 2.45) is 0 Å². The van der Waals surface area contributed by atoms with Crippen LogP contribution in [0.5, 0.6) is 0 Å². The highest BCUT2D eigenvalue weighted by atomic mass is 15.3. The molecule has 4 rings (SSSR count). The van der Waals surface area contributed by atoms with Crippen LogP contribution in [0.2, 0.25) is 0 Å². The van der Waals surface area contributed by atoms with E-state index >= 15 is 0 Å². The molecule has 0 fully saturated rings. The number of nitrogens with zero attached hydrogens (tertiary/aromatic N) is 5. The van der Waals surface area contributed by atoms with Crippen molar-refractivity contribution >= 4 is 16.6 Å². The Balaban J connectivity index is 2.01.